The average Bonchev–Trinajstić information content (AvgIpc) is 2.81. The van der Waals surface area contributed by atoms with Crippen molar-refractivity contribution in [1.29, 1.82) is 0 Å². The molecular weight excluding hydrogens is 517 g/mol. The molecule has 0 fully saturated rings. The van der Waals surface area contributed by atoms with Crippen LogP contribution in [0, 0.1) is 0 Å². The van der Waals surface area contributed by atoms with Crippen LogP contribution in [0.1, 0.15) is 36.8 Å². The van der Waals surface area contributed by atoms with E-state index in [1.807, 2.05) is 18.2 Å². The van der Waals surface area contributed by atoms with Crippen LogP contribution in [0.5, 0.6) is 0 Å². The van der Waals surface area contributed by atoms with Crippen molar-refractivity contribution >= 4 is 53.0 Å². The van der Waals surface area contributed by atoms with E-state index in [0.717, 1.165) is 26.6 Å². The maximum atomic E-state index is 15.2. The molecule has 1 aliphatic rings. The molecule has 0 atom stereocenters. The van der Waals surface area contributed by atoms with Crippen LogP contribution >= 0.6 is 7.14 Å². The predicted octanol–water partition coefficient (Wildman–Crippen LogP) is 5.15. The van der Waals surface area contributed by atoms with Crippen LogP contribution in [0.3, 0.4) is 0 Å². The Hall–Kier alpha value is -1.07. The molecule has 1 nitrogen and oxygen atoms in total. The fourth-order valence-corrected chi connectivity index (χ4v) is 11.9. The first kappa shape index (κ1) is 22.1. The Kier molecular flexibility index (Phi) is 8.11. The van der Waals surface area contributed by atoms with Gasteiger partial charge in [0.25, 0.3) is 0 Å². The fraction of sp³-hybridized carbons (Fsp3) is 0.308. The van der Waals surface area contributed by atoms with Crippen molar-refractivity contribution < 1.29 is 4.57 Å². The molecule has 0 radical (unpaired) electrons. The molecule has 0 saturated carbocycles. The number of hydrogen-bond donors (Lipinski definition) is 0. The minimum absolute atomic E-state index is 0.571. The van der Waals surface area contributed by atoms with Crippen LogP contribution in [0.4, 0.5) is 0 Å². The van der Waals surface area contributed by atoms with E-state index in [1.165, 1.54) is 47.4 Å². The fourth-order valence-electron chi connectivity index (χ4n) is 4.05. The van der Waals surface area contributed by atoms with Gasteiger partial charge in [0.15, 0.2) is 0 Å². The van der Waals surface area contributed by atoms with Gasteiger partial charge in [-0.25, -0.2) is 0 Å². The van der Waals surface area contributed by atoms with Crippen molar-refractivity contribution in [1.82, 2.24) is 0 Å². The van der Waals surface area contributed by atoms with E-state index >= 15 is 4.57 Å². The number of hydrogen-bond acceptors (Lipinski definition) is 1. The number of fused-ring (bicyclic) bond motifs is 2. The topological polar surface area (TPSA) is 17.1 Å². The Morgan fingerprint density at radius 3 is 1.57 bits per heavy atom. The van der Waals surface area contributed by atoms with Gasteiger partial charge in [0.2, 0.25) is 0 Å². The summed E-state index contributed by atoms with van der Waals surface area (Å²) in [6.45, 7) is 0. The monoisotopic (exact) mass is 548 g/mol. The molecule has 0 N–H and O–H groups in total. The molecule has 0 aromatic heterocycles. The van der Waals surface area contributed by atoms with Crippen LogP contribution in [0.2, 0.25) is 10.6 Å². The van der Waals surface area contributed by atoms with Crippen molar-refractivity contribution in [3.63, 3.8) is 0 Å². The van der Waals surface area contributed by atoms with E-state index in [9.17, 15) is 0 Å². The summed E-state index contributed by atoms with van der Waals surface area (Å²) >= 11 is 1.14. The zero-order chi connectivity index (χ0) is 20.7. The van der Waals surface area contributed by atoms with Gasteiger partial charge in [0.1, 0.15) is 0 Å². The molecule has 3 aromatic rings. The summed E-state index contributed by atoms with van der Waals surface area (Å²) in [6, 6.07) is 27.3. The molecule has 1 aliphatic heterocycles. The first-order valence-electron chi connectivity index (χ1n) is 10.8. The SMILES string of the molecule is O=P1(c2ccccc2)c2ccccc2C[Se]CCCCCC[Se]Cc2ccccc21. The molecule has 3 aromatic carbocycles. The summed E-state index contributed by atoms with van der Waals surface area (Å²) in [6.07, 6.45) is 5.45. The molecule has 1 heterocycles. The Bertz CT molecular complexity index is 943. The van der Waals surface area contributed by atoms with Crippen LogP contribution in [-0.4, -0.2) is 29.9 Å². The normalized spacial score (nSPS) is 17.7. The predicted molar refractivity (Wildman–Crippen MR) is 133 cm³/mol. The zero-order valence-electron chi connectivity index (χ0n) is 17.3. The van der Waals surface area contributed by atoms with Crippen molar-refractivity contribution in [3.05, 3.63) is 90.0 Å². The molecule has 0 aliphatic carbocycles. The van der Waals surface area contributed by atoms with Crippen molar-refractivity contribution in [2.24, 2.45) is 0 Å². The number of rotatable bonds is 1. The summed E-state index contributed by atoms with van der Waals surface area (Å²) < 4.78 is 15.2. The molecule has 4 heteroatoms. The summed E-state index contributed by atoms with van der Waals surface area (Å²) in [5.41, 5.74) is 2.58. The van der Waals surface area contributed by atoms with Gasteiger partial charge in [0.05, 0.1) is 0 Å². The third kappa shape index (κ3) is 5.04. The van der Waals surface area contributed by atoms with E-state index in [4.69, 9.17) is 0 Å². The molecular formula is C26H29OPSe2. The summed E-state index contributed by atoms with van der Waals surface area (Å²) in [7, 11) is -2.91. The molecule has 0 bridgehead atoms. The standard InChI is InChI=1S/C26H29OPSe2/c27-28(24-14-4-3-5-15-24)25-16-8-6-12-22(25)20-29-18-10-1-2-11-19-30-21-23-13-7-9-17-26(23)28/h3-9,12-17H,1-2,10-11,18-21H2. The van der Waals surface area contributed by atoms with Crippen LogP contribution in [-0.2, 0) is 15.2 Å². The first-order valence-corrected chi connectivity index (χ1v) is 17.3. The molecule has 156 valence electrons. The Labute approximate surface area is 193 Å². The van der Waals surface area contributed by atoms with Crippen LogP contribution in [0.15, 0.2) is 78.9 Å². The molecule has 30 heavy (non-hydrogen) atoms. The van der Waals surface area contributed by atoms with E-state index in [-0.39, 0.29) is 0 Å². The van der Waals surface area contributed by atoms with E-state index in [0.29, 0.717) is 29.9 Å². The summed E-state index contributed by atoms with van der Waals surface area (Å²) in [5.74, 6) is 0. The van der Waals surface area contributed by atoms with Crippen molar-refractivity contribution in [2.45, 2.75) is 47.0 Å². The third-order valence-electron chi connectivity index (χ3n) is 5.62. The van der Waals surface area contributed by atoms with E-state index in [2.05, 4.69) is 60.7 Å². The summed E-state index contributed by atoms with van der Waals surface area (Å²) in [5, 5.41) is 7.91. The second kappa shape index (κ2) is 11.0. The Morgan fingerprint density at radius 1 is 0.567 bits per heavy atom. The first-order chi connectivity index (χ1) is 14.8. The van der Waals surface area contributed by atoms with Gasteiger partial charge in [-0.1, -0.05) is 0 Å². The molecule has 0 amide bonds. The molecule has 0 saturated heterocycles. The Morgan fingerprint density at radius 2 is 1.03 bits per heavy atom. The van der Waals surface area contributed by atoms with E-state index in [1.54, 1.807) is 0 Å². The van der Waals surface area contributed by atoms with Crippen LogP contribution in [0.25, 0.3) is 0 Å². The Balaban J connectivity index is 1.89. The third-order valence-corrected chi connectivity index (χ3v) is 13.5. The van der Waals surface area contributed by atoms with Gasteiger partial charge in [-0.2, -0.15) is 0 Å². The molecule has 0 spiro atoms. The number of benzene rings is 3. The summed E-state index contributed by atoms with van der Waals surface area (Å²) in [4.78, 5) is 0. The van der Waals surface area contributed by atoms with Gasteiger partial charge >= 0.3 is 194 Å². The molecule has 4 rings (SSSR count). The zero-order valence-corrected chi connectivity index (χ0v) is 21.7. The quantitative estimate of drug-likeness (QED) is 0.305. The van der Waals surface area contributed by atoms with Gasteiger partial charge < -0.3 is 0 Å². The van der Waals surface area contributed by atoms with Crippen LogP contribution < -0.4 is 15.9 Å². The maximum absolute atomic E-state index is 15.2. The van der Waals surface area contributed by atoms with Gasteiger partial charge in [0, 0.05) is 0 Å². The van der Waals surface area contributed by atoms with Gasteiger partial charge in [-0.15, -0.1) is 0 Å². The second-order valence-corrected chi connectivity index (χ2v) is 15.1. The molecule has 0 unspecified atom stereocenters. The van der Waals surface area contributed by atoms with Crippen molar-refractivity contribution in [3.8, 4) is 0 Å². The van der Waals surface area contributed by atoms with Gasteiger partial charge in [-0.05, 0) is 0 Å². The van der Waals surface area contributed by atoms with Crippen molar-refractivity contribution in [2.75, 3.05) is 0 Å². The second-order valence-electron chi connectivity index (χ2n) is 7.72. The minimum atomic E-state index is -2.91. The average molecular weight is 546 g/mol. The van der Waals surface area contributed by atoms with Gasteiger partial charge in [-0.3, -0.25) is 0 Å². The van der Waals surface area contributed by atoms with E-state index < -0.39 is 7.14 Å².